The molecule has 0 N–H and O–H groups in total. The largest absolute Gasteiger partial charge is 0.161 e. The smallest absolute Gasteiger partial charge is 0.0265 e. The summed E-state index contributed by atoms with van der Waals surface area (Å²) in [5, 5.41) is 0. The number of hydrogen-bond donors (Lipinski definition) is 0. The second-order valence-electron chi connectivity index (χ2n) is 1.47. The molecule has 0 bridgehead atoms. The molecule has 0 aliphatic carbocycles. The van der Waals surface area contributed by atoms with Gasteiger partial charge >= 0.3 is 0 Å². The van der Waals surface area contributed by atoms with E-state index in [1.54, 1.807) is 0 Å². The van der Waals surface area contributed by atoms with Gasteiger partial charge in [-0.3, -0.25) is 0 Å². The highest BCUT2D eigenvalue weighted by atomic mass is 32.2. The molecule has 1 aliphatic heterocycles. The van der Waals surface area contributed by atoms with Crippen molar-refractivity contribution in [3.63, 3.8) is 0 Å². The molecule has 1 aliphatic rings. The molecule has 1 radical (unpaired) electrons. The van der Waals surface area contributed by atoms with E-state index in [4.69, 9.17) is 0 Å². The Balaban J connectivity index is 2.04. The maximum atomic E-state index is 2.30. The van der Waals surface area contributed by atoms with Gasteiger partial charge < -0.3 is 0 Å². The average Bonchev–Trinajstić information content (AvgIpc) is 1.90. The summed E-state index contributed by atoms with van der Waals surface area (Å²) in [5.41, 5.74) is 0. The Bertz CT molecular complexity index is 25.7. The Morgan fingerprint density at radius 1 is 1.29 bits per heavy atom. The van der Waals surface area contributed by atoms with Crippen LogP contribution in [0.5, 0.6) is 0 Å². The average molecular weight is 133 g/mol. The standard InChI is InChI=1S/C5H9S2/c1-2-6-4-5-7-3-1/h4H,1-3,5H2. The zero-order valence-electron chi connectivity index (χ0n) is 4.22. The number of rotatable bonds is 0. The Morgan fingerprint density at radius 2 is 2.29 bits per heavy atom. The molecule has 2 heteroatoms. The van der Waals surface area contributed by atoms with Gasteiger partial charge in [0.05, 0.1) is 0 Å². The van der Waals surface area contributed by atoms with Gasteiger partial charge in [0.25, 0.3) is 0 Å². The molecule has 1 fully saturated rings. The highest BCUT2D eigenvalue weighted by Crippen LogP contribution is 2.18. The Morgan fingerprint density at radius 3 is 3.29 bits per heavy atom. The third-order valence-electron chi connectivity index (χ3n) is 0.855. The van der Waals surface area contributed by atoms with Crippen molar-refractivity contribution < 1.29 is 0 Å². The van der Waals surface area contributed by atoms with Crippen molar-refractivity contribution in [2.45, 2.75) is 6.42 Å². The van der Waals surface area contributed by atoms with E-state index >= 15 is 0 Å². The van der Waals surface area contributed by atoms with Crippen molar-refractivity contribution in [3.8, 4) is 0 Å². The lowest BCUT2D eigenvalue weighted by Crippen LogP contribution is -1.75. The lowest BCUT2D eigenvalue weighted by atomic mass is 10.6. The summed E-state index contributed by atoms with van der Waals surface area (Å²) in [6.45, 7) is 0. The molecule has 0 amide bonds. The second-order valence-corrected chi connectivity index (χ2v) is 3.69. The fourth-order valence-corrected chi connectivity index (χ4v) is 2.45. The van der Waals surface area contributed by atoms with Gasteiger partial charge in [0, 0.05) is 11.5 Å². The highest BCUT2D eigenvalue weighted by Gasteiger charge is 1.96. The van der Waals surface area contributed by atoms with Crippen molar-refractivity contribution >= 4 is 23.5 Å². The van der Waals surface area contributed by atoms with Crippen LogP contribution in [0.15, 0.2) is 0 Å². The molecule has 0 saturated carbocycles. The molecule has 1 saturated heterocycles. The van der Waals surface area contributed by atoms with Gasteiger partial charge in [0.1, 0.15) is 0 Å². The van der Waals surface area contributed by atoms with Crippen LogP contribution in [0.1, 0.15) is 6.42 Å². The molecule has 0 nitrogen and oxygen atoms in total. The first kappa shape index (κ1) is 5.83. The fraction of sp³-hybridized carbons (Fsp3) is 0.800. The van der Waals surface area contributed by atoms with Gasteiger partial charge in [-0.1, -0.05) is 0 Å². The molecule has 41 valence electrons. The first-order valence-electron chi connectivity index (χ1n) is 2.51. The molecule has 1 rings (SSSR count). The van der Waals surface area contributed by atoms with E-state index in [2.05, 4.69) is 5.75 Å². The highest BCUT2D eigenvalue weighted by molar-refractivity contribution is 8.04. The minimum absolute atomic E-state index is 1.25. The molecule has 0 aromatic heterocycles. The van der Waals surface area contributed by atoms with Gasteiger partial charge in [-0.15, -0.1) is 0 Å². The maximum Gasteiger partial charge on any atom is 0.0265 e. The third kappa shape index (κ3) is 2.50. The molecule has 1 heterocycles. The van der Waals surface area contributed by atoms with Crippen LogP contribution < -0.4 is 0 Å². The van der Waals surface area contributed by atoms with Gasteiger partial charge in [-0.05, 0) is 17.9 Å². The Hall–Kier alpha value is 0.700. The molecular weight excluding hydrogens is 124 g/mol. The van der Waals surface area contributed by atoms with Crippen LogP contribution in [0.2, 0.25) is 0 Å². The van der Waals surface area contributed by atoms with Crippen molar-refractivity contribution in [1.82, 2.24) is 0 Å². The molecule has 0 aromatic rings. The minimum Gasteiger partial charge on any atom is -0.161 e. The summed E-state index contributed by atoms with van der Waals surface area (Å²) in [6.07, 6.45) is 1.39. The second kappa shape index (κ2) is 3.67. The topological polar surface area (TPSA) is 0 Å². The summed E-state index contributed by atoms with van der Waals surface area (Å²) >= 11 is 4.01. The van der Waals surface area contributed by atoms with Gasteiger partial charge in [0.15, 0.2) is 0 Å². The van der Waals surface area contributed by atoms with E-state index < -0.39 is 0 Å². The summed E-state index contributed by atoms with van der Waals surface area (Å²) < 4.78 is 0. The van der Waals surface area contributed by atoms with E-state index in [0.29, 0.717) is 0 Å². The molecular formula is C5H9S2. The van der Waals surface area contributed by atoms with E-state index in [9.17, 15) is 0 Å². The first-order valence-corrected chi connectivity index (χ1v) is 4.71. The van der Waals surface area contributed by atoms with Crippen molar-refractivity contribution in [3.05, 3.63) is 5.75 Å². The van der Waals surface area contributed by atoms with Crippen LogP contribution >= 0.6 is 23.5 Å². The van der Waals surface area contributed by atoms with Crippen LogP contribution in [0, 0.1) is 5.75 Å². The predicted molar refractivity (Wildman–Crippen MR) is 38.7 cm³/mol. The van der Waals surface area contributed by atoms with Crippen LogP contribution in [-0.4, -0.2) is 17.3 Å². The van der Waals surface area contributed by atoms with Crippen molar-refractivity contribution in [2.75, 3.05) is 17.3 Å². The summed E-state index contributed by atoms with van der Waals surface area (Å²) in [4.78, 5) is 0. The van der Waals surface area contributed by atoms with Crippen LogP contribution in [-0.2, 0) is 0 Å². The number of thioether (sulfide) groups is 2. The summed E-state index contributed by atoms with van der Waals surface area (Å²) in [6, 6.07) is 0. The molecule has 0 aromatic carbocycles. The van der Waals surface area contributed by atoms with Crippen molar-refractivity contribution in [2.24, 2.45) is 0 Å². The van der Waals surface area contributed by atoms with Gasteiger partial charge in [-0.2, -0.15) is 23.5 Å². The summed E-state index contributed by atoms with van der Waals surface area (Å²) in [7, 11) is 0. The van der Waals surface area contributed by atoms with E-state index in [1.807, 2.05) is 23.5 Å². The lowest BCUT2D eigenvalue weighted by molar-refractivity contribution is 1.13. The zero-order valence-corrected chi connectivity index (χ0v) is 5.86. The van der Waals surface area contributed by atoms with Gasteiger partial charge in [0.2, 0.25) is 0 Å². The minimum atomic E-state index is 1.25. The number of hydrogen-bond acceptors (Lipinski definition) is 2. The normalized spacial score (nSPS) is 24.0. The van der Waals surface area contributed by atoms with E-state index in [-0.39, 0.29) is 0 Å². The lowest BCUT2D eigenvalue weighted by Gasteiger charge is -1.85. The van der Waals surface area contributed by atoms with E-state index in [1.165, 1.54) is 23.7 Å². The van der Waals surface area contributed by atoms with Crippen LogP contribution in [0.4, 0.5) is 0 Å². The molecule has 0 unspecified atom stereocenters. The Kier molecular flexibility index (Phi) is 3.06. The Labute approximate surface area is 53.4 Å². The monoisotopic (exact) mass is 133 g/mol. The quantitative estimate of drug-likeness (QED) is 0.496. The van der Waals surface area contributed by atoms with Crippen molar-refractivity contribution in [1.29, 1.82) is 0 Å². The summed E-state index contributed by atoms with van der Waals surface area (Å²) in [5.74, 6) is 6.26. The molecule has 7 heavy (non-hydrogen) atoms. The van der Waals surface area contributed by atoms with Crippen LogP contribution in [0.3, 0.4) is 0 Å². The predicted octanol–water partition coefficient (Wildman–Crippen LogP) is 2.02. The fourth-order valence-electron chi connectivity index (χ4n) is 0.507. The third-order valence-corrected chi connectivity index (χ3v) is 2.97. The SMILES string of the molecule is [CH]1CSCCCS1. The maximum absolute atomic E-state index is 2.30. The van der Waals surface area contributed by atoms with Crippen LogP contribution in [0.25, 0.3) is 0 Å². The molecule has 0 atom stereocenters. The zero-order chi connectivity index (χ0) is 4.95. The molecule has 0 spiro atoms. The van der Waals surface area contributed by atoms with Gasteiger partial charge in [-0.25, -0.2) is 0 Å². The van der Waals surface area contributed by atoms with E-state index in [0.717, 1.165) is 0 Å². The first-order chi connectivity index (χ1) is 3.50.